The van der Waals surface area contributed by atoms with Crippen molar-refractivity contribution in [3.63, 3.8) is 0 Å². The normalized spacial score (nSPS) is 29.1. The van der Waals surface area contributed by atoms with Crippen LogP contribution < -0.4 is 5.32 Å². The number of likely N-dealkylation sites (N-methyl/N-ethyl adjacent to an activating group) is 1. The Bertz CT molecular complexity index is 436. The molecule has 2 nitrogen and oxygen atoms in total. The minimum atomic E-state index is 0.512. The Hall–Kier alpha value is -0.410. The molecule has 0 aromatic carbocycles. The van der Waals surface area contributed by atoms with Crippen LogP contribution >= 0.6 is 11.3 Å². The smallest absolute Gasteiger partial charge is 0.0967 e. The zero-order valence-electron chi connectivity index (χ0n) is 11.8. The van der Waals surface area contributed by atoms with Gasteiger partial charge in [0, 0.05) is 23.3 Å². The third-order valence-electron chi connectivity index (χ3n) is 4.54. The van der Waals surface area contributed by atoms with E-state index in [4.69, 9.17) is 4.98 Å². The van der Waals surface area contributed by atoms with Crippen LogP contribution in [0.15, 0.2) is 0 Å². The summed E-state index contributed by atoms with van der Waals surface area (Å²) in [5.74, 6) is 1.41. The second-order valence-electron chi connectivity index (χ2n) is 6.50. The summed E-state index contributed by atoms with van der Waals surface area (Å²) in [6.07, 6.45) is 5.26. The predicted octanol–water partition coefficient (Wildman–Crippen LogP) is 3.69. The largest absolute Gasteiger partial charge is 0.316 e. The fourth-order valence-corrected chi connectivity index (χ4v) is 4.59. The molecule has 1 aromatic heterocycles. The van der Waals surface area contributed by atoms with Crippen molar-refractivity contribution in [1.29, 1.82) is 0 Å². The Balaban J connectivity index is 1.80. The molecule has 1 aromatic rings. The third-order valence-corrected chi connectivity index (χ3v) is 5.78. The minimum absolute atomic E-state index is 0.512. The van der Waals surface area contributed by atoms with Gasteiger partial charge in [0.15, 0.2) is 0 Å². The van der Waals surface area contributed by atoms with Gasteiger partial charge >= 0.3 is 0 Å². The highest BCUT2D eigenvalue weighted by Gasteiger charge is 2.48. The molecule has 0 radical (unpaired) electrons. The molecule has 2 unspecified atom stereocenters. The summed E-state index contributed by atoms with van der Waals surface area (Å²) in [5.41, 5.74) is 1.95. The molecule has 3 heteroatoms. The maximum atomic E-state index is 5.02. The fraction of sp³-hybridized carbons (Fsp3) is 0.800. The van der Waals surface area contributed by atoms with Crippen LogP contribution in [0, 0.1) is 5.41 Å². The van der Waals surface area contributed by atoms with Gasteiger partial charge in [-0.3, -0.25) is 0 Å². The quantitative estimate of drug-likeness (QED) is 0.897. The van der Waals surface area contributed by atoms with E-state index in [0.29, 0.717) is 11.3 Å². The molecule has 0 amide bonds. The molecule has 3 rings (SSSR count). The monoisotopic (exact) mass is 264 g/mol. The van der Waals surface area contributed by atoms with Gasteiger partial charge in [0.1, 0.15) is 0 Å². The molecule has 2 aliphatic carbocycles. The second-order valence-corrected chi connectivity index (χ2v) is 7.62. The van der Waals surface area contributed by atoms with E-state index < -0.39 is 0 Å². The van der Waals surface area contributed by atoms with Gasteiger partial charge in [-0.25, -0.2) is 4.98 Å². The van der Waals surface area contributed by atoms with Crippen molar-refractivity contribution in [1.82, 2.24) is 10.3 Å². The Morgan fingerprint density at radius 2 is 2.22 bits per heavy atom. The van der Waals surface area contributed by atoms with Crippen molar-refractivity contribution in [3.8, 4) is 0 Å². The lowest BCUT2D eigenvalue weighted by Gasteiger charge is -2.21. The van der Waals surface area contributed by atoms with Gasteiger partial charge in [0.25, 0.3) is 0 Å². The van der Waals surface area contributed by atoms with Crippen LogP contribution in [-0.2, 0) is 6.42 Å². The lowest BCUT2D eigenvalue weighted by molar-refractivity contribution is 0.507. The summed E-state index contributed by atoms with van der Waals surface area (Å²) in [4.78, 5) is 6.61. The summed E-state index contributed by atoms with van der Waals surface area (Å²) in [5, 5.41) is 4.92. The van der Waals surface area contributed by atoms with Crippen molar-refractivity contribution in [2.75, 3.05) is 13.1 Å². The topological polar surface area (TPSA) is 24.9 Å². The highest BCUT2D eigenvalue weighted by atomic mass is 32.1. The zero-order valence-corrected chi connectivity index (χ0v) is 12.6. The number of nitrogens with zero attached hydrogens (tertiary/aromatic N) is 1. The fourth-order valence-electron chi connectivity index (χ4n) is 3.08. The Morgan fingerprint density at radius 3 is 2.89 bits per heavy atom. The molecule has 2 aliphatic rings. The van der Waals surface area contributed by atoms with Crippen molar-refractivity contribution >= 4 is 11.3 Å². The van der Waals surface area contributed by atoms with E-state index in [9.17, 15) is 0 Å². The maximum absolute atomic E-state index is 5.02. The highest BCUT2D eigenvalue weighted by Crippen LogP contribution is 2.59. The van der Waals surface area contributed by atoms with Crippen molar-refractivity contribution in [2.24, 2.45) is 5.41 Å². The standard InChI is InChI=1S/C15H24N2S/c1-4-16-9-10-6-5-7-12-13(10)17-14(18-12)11-8-15(11,2)3/h10-11,16H,4-9H2,1-3H3. The van der Waals surface area contributed by atoms with E-state index in [2.05, 4.69) is 26.1 Å². The highest BCUT2D eigenvalue weighted by molar-refractivity contribution is 7.11. The van der Waals surface area contributed by atoms with E-state index in [-0.39, 0.29) is 0 Å². The predicted molar refractivity (Wildman–Crippen MR) is 77.5 cm³/mol. The van der Waals surface area contributed by atoms with Crippen LogP contribution in [0.4, 0.5) is 0 Å². The summed E-state index contributed by atoms with van der Waals surface area (Å²) in [6.45, 7) is 9.10. The van der Waals surface area contributed by atoms with Crippen LogP contribution in [-0.4, -0.2) is 18.1 Å². The number of aryl methyl sites for hydroxylation is 1. The molecule has 0 aliphatic heterocycles. The summed E-state index contributed by atoms with van der Waals surface area (Å²) >= 11 is 2.01. The van der Waals surface area contributed by atoms with Gasteiger partial charge < -0.3 is 5.32 Å². The molecule has 1 saturated carbocycles. The van der Waals surface area contributed by atoms with Crippen LogP contribution in [0.2, 0.25) is 0 Å². The average molecular weight is 264 g/mol. The maximum Gasteiger partial charge on any atom is 0.0967 e. The molecule has 0 spiro atoms. The first kappa shape index (κ1) is 12.6. The van der Waals surface area contributed by atoms with Crippen LogP contribution in [0.5, 0.6) is 0 Å². The Morgan fingerprint density at radius 1 is 1.44 bits per heavy atom. The first-order valence-electron chi connectivity index (χ1n) is 7.32. The number of aromatic nitrogens is 1. The van der Waals surface area contributed by atoms with E-state index in [1.807, 2.05) is 11.3 Å². The number of rotatable bonds is 4. The average Bonchev–Trinajstić information content (AvgIpc) is 2.80. The summed E-state index contributed by atoms with van der Waals surface area (Å²) in [6, 6.07) is 0. The van der Waals surface area contributed by atoms with Crippen LogP contribution in [0.3, 0.4) is 0 Å². The van der Waals surface area contributed by atoms with E-state index in [1.54, 1.807) is 4.88 Å². The van der Waals surface area contributed by atoms with Gasteiger partial charge in [-0.05, 0) is 37.6 Å². The molecular formula is C15H24N2S. The first-order valence-corrected chi connectivity index (χ1v) is 8.13. The lowest BCUT2D eigenvalue weighted by atomic mass is 9.91. The third kappa shape index (κ3) is 2.23. The van der Waals surface area contributed by atoms with Crippen LogP contribution in [0.1, 0.15) is 67.4 Å². The molecule has 100 valence electrons. The molecule has 1 fully saturated rings. The zero-order chi connectivity index (χ0) is 12.8. The van der Waals surface area contributed by atoms with E-state index in [0.717, 1.165) is 19.0 Å². The lowest BCUT2D eigenvalue weighted by Crippen LogP contribution is -2.24. The first-order chi connectivity index (χ1) is 8.62. The molecule has 18 heavy (non-hydrogen) atoms. The SMILES string of the molecule is CCNCC1CCCc2sc(C3CC3(C)C)nc21. The number of hydrogen-bond donors (Lipinski definition) is 1. The molecule has 0 bridgehead atoms. The van der Waals surface area contributed by atoms with Gasteiger partial charge in [-0.2, -0.15) is 0 Å². The van der Waals surface area contributed by atoms with Crippen LogP contribution in [0.25, 0.3) is 0 Å². The molecule has 1 N–H and O–H groups in total. The van der Waals surface area contributed by atoms with Crippen molar-refractivity contribution in [2.45, 2.75) is 58.3 Å². The Labute approximate surface area is 114 Å². The molecular weight excluding hydrogens is 240 g/mol. The van der Waals surface area contributed by atoms with E-state index >= 15 is 0 Å². The number of fused-ring (bicyclic) bond motifs is 1. The van der Waals surface area contributed by atoms with Gasteiger partial charge in [0.2, 0.25) is 0 Å². The molecule has 1 heterocycles. The van der Waals surface area contributed by atoms with E-state index in [1.165, 1.54) is 36.4 Å². The number of nitrogens with one attached hydrogen (secondary N) is 1. The number of thiazole rings is 1. The summed E-state index contributed by atoms with van der Waals surface area (Å²) in [7, 11) is 0. The van der Waals surface area contributed by atoms with Gasteiger partial charge in [0.05, 0.1) is 10.7 Å². The minimum Gasteiger partial charge on any atom is -0.316 e. The summed E-state index contributed by atoms with van der Waals surface area (Å²) < 4.78 is 0. The van der Waals surface area contributed by atoms with Crippen molar-refractivity contribution < 1.29 is 0 Å². The second kappa shape index (κ2) is 4.61. The van der Waals surface area contributed by atoms with Gasteiger partial charge in [-0.15, -0.1) is 11.3 Å². The molecule has 0 saturated heterocycles. The Kier molecular flexibility index (Phi) is 3.23. The molecule has 2 atom stereocenters. The van der Waals surface area contributed by atoms with Crippen molar-refractivity contribution in [3.05, 3.63) is 15.6 Å². The van der Waals surface area contributed by atoms with Gasteiger partial charge in [-0.1, -0.05) is 20.8 Å². The number of hydrogen-bond acceptors (Lipinski definition) is 3.